The Balaban J connectivity index is 1.76. The summed E-state index contributed by atoms with van der Waals surface area (Å²) in [4.78, 5) is 23.6. The summed E-state index contributed by atoms with van der Waals surface area (Å²) in [6, 6.07) is 18.5. The Hall–Kier alpha value is -3.86. The van der Waals surface area contributed by atoms with Crippen LogP contribution < -0.4 is 15.7 Å². The highest BCUT2D eigenvalue weighted by molar-refractivity contribution is 5.98. The summed E-state index contributed by atoms with van der Waals surface area (Å²) in [6.07, 6.45) is 1.80. The zero-order valence-corrected chi connectivity index (χ0v) is 15.9. The van der Waals surface area contributed by atoms with Crippen molar-refractivity contribution >= 4 is 33.4 Å². The van der Waals surface area contributed by atoms with E-state index in [1.807, 2.05) is 36.4 Å². The summed E-state index contributed by atoms with van der Waals surface area (Å²) < 4.78 is 10.6. The maximum absolute atomic E-state index is 12.6. The fourth-order valence-electron chi connectivity index (χ4n) is 3.23. The van der Waals surface area contributed by atoms with E-state index in [4.69, 9.17) is 9.15 Å². The third-order valence-electron chi connectivity index (χ3n) is 4.57. The van der Waals surface area contributed by atoms with Gasteiger partial charge in [-0.15, -0.1) is 6.58 Å². The molecule has 4 aromatic rings. The Morgan fingerprint density at radius 1 is 1.03 bits per heavy atom. The molecular weight excluding hydrogens is 366 g/mol. The molecule has 0 unspecified atom stereocenters. The molecule has 1 aromatic heterocycles. The van der Waals surface area contributed by atoms with Gasteiger partial charge in [-0.3, -0.25) is 4.79 Å². The molecule has 0 saturated carbocycles. The molecule has 0 saturated heterocycles. The summed E-state index contributed by atoms with van der Waals surface area (Å²) in [7, 11) is 0. The van der Waals surface area contributed by atoms with Gasteiger partial charge in [0, 0.05) is 24.5 Å². The summed E-state index contributed by atoms with van der Waals surface area (Å²) in [6.45, 7) is 5.72. The first-order valence-corrected chi connectivity index (χ1v) is 9.19. The second-order valence-corrected chi connectivity index (χ2v) is 6.69. The third-order valence-corrected chi connectivity index (χ3v) is 4.57. The first-order valence-electron chi connectivity index (χ1n) is 9.19. The first kappa shape index (κ1) is 18.5. The maximum atomic E-state index is 12.6. The highest BCUT2D eigenvalue weighted by Crippen LogP contribution is 2.28. The molecule has 0 spiro atoms. The van der Waals surface area contributed by atoms with E-state index in [1.165, 1.54) is 6.92 Å². The molecule has 5 nitrogen and oxygen atoms in total. The molecule has 0 radical (unpaired) electrons. The number of ether oxygens (including phenoxy) is 1. The molecule has 5 heteroatoms. The quantitative estimate of drug-likeness (QED) is 0.169. The summed E-state index contributed by atoms with van der Waals surface area (Å²) in [5.74, 6) is 0.0379. The van der Waals surface area contributed by atoms with Crippen LogP contribution in [-0.2, 0) is 4.79 Å². The van der Waals surface area contributed by atoms with Gasteiger partial charge in [0.15, 0.2) is 0 Å². The number of rotatable bonds is 5. The van der Waals surface area contributed by atoms with E-state index < -0.39 is 11.6 Å². The number of esters is 1. The van der Waals surface area contributed by atoms with Crippen LogP contribution in [-0.4, -0.2) is 12.5 Å². The number of hydrogen-bond acceptors (Lipinski definition) is 5. The van der Waals surface area contributed by atoms with Crippen molar-refractivity contribution in [3.8, 4) is 16.9 Å². The molecule has 29 heavy (non-hydrogen) atoms. The van der Waals surface area contributed by atoms with Gasteiger partial charge in [0.05, 0.1) is 5.56 Å². The molecule has 0 bridgehead atoms. The van der Waals surface area contributed by atoms with Gasteiger partial charge in [-0.1, -0.05) is 24.3 Å². The average molecular weight is 385 g/mol. The molecule has 0 atom stereocenters. The van der Waals surface area contributed by atoms with Crippen molar-refractivity contribution < 1.29 is 13.9 Å². The molecule has 1 heterocycles. The molecule has 0 aliphatic rings. The lowest BCUT2D eigenvalue weighted by molar-refractivity contribution is -0.131. The van der Waals surface area contributed by atoms with Crippen molar-refractivity contribution in [2.24, 2.45) is 0 Å². The zero-order chi connectivity index (χ0) is 20.4. The largest absolute Gasteiger partial charge is 0.427 e. The number of fused-ring (bicyclic) bond motifs is 2. The van der Waals surface area contributed by atoms with Gasteiger partial charge in [0.25, 0.3) is 0 Å². The van der Waals surface area contributed by atoms with Crippen LogP contribution in [0.3, 0.4) is 0 Å². The second-order valence-electron chi connectivity index (χ2n) is 6.69. The minimum Gasteiger partial charge on any atom is -0.427 e. The van der Waals surface area contributed by atoms with Crippen LogP contribution in [0.2, 0.25) is 0 Å². The van der Waals surface area contributed by atoms with Crippen molar-refractivity contribution in [1.29, 1.82) is 0 Å². The van der Waals surface area contributed by atoms with Crippen molar-refractivity contribution in [3.63, 3.8) is 0 Å². The van der Waals surface area contributed by atoms with Gasteiger partial charge in [-0.05, 0) is 58.8 Å². The van der Waals surface area contributed by atoms with Crippen LogP contribution in [0.1, 0.15) is 6.92 Å². The smallest absolute Gasteiger partial charge is 0.344 e. The van der Waals surface area contributed by atoms with Crippen molar-refractivity contribution in [2.45, 2.75) is 6.92 Å². The molecule has 3 aromatic carbocycles. The number of nitrogens with one attached hydrogen (secondary N) is 1. The number of anilines is 1. The van der Waals surface area contributed by atoms with Crippen molar-refractivity contribution in [2.75, 3.05) is 11.9 Å². The van der Waals surface area contributed by atoms with Gasteiger partial charge in [-0.2, -0.15) is 0 Å². The van der Waals surface area contributed by atoms with E-state index in [0.29, 0.717) is 29.0 Å². The number of benzene rings is 3. The Kier molecular flexibility index (Phi) is 4.87. The van der Waals surface area contributed by atoms with Crippen LogP contribution in [0.4, 0.5) is 5.69 Å². The Bertz CT molecular complexity index is 1290. The van der Waals surface area contributed by atoms with E-state index in [2.05, 4.69) is 11.9 Å². The zero-order valence-electron chi connectivity index (χ0n) is 15.9. The standard InChI is InChI=1S/C24H19NO4/c1-3-10-25-20-7-4-17-11-19-13-22(24(27)29-23(19)14-18(17)12-20)16-5-8-21(9-6-16)28-15(2)26/h3-9,11-14,25H,1,10H2,2H3. The molecule has 144 valence electrons. The average Bonchev–Trinajstić information content (AvgIpc) is 2.70. The first-order chi connectivity index (χ1) is 14.0. The monoisotopic (exact) mass is 385 g/mol. The van der Waals surface area contributed by atoms with E-state index in [0.717, 1.165) is 21.8 Å². The minimum atomic E-state index is -0.418. The maximum Gasteiger partial charge on any atom is 0.344 e. The fraction of sp³-hybridized carbons (Fsp3) is 0.0833. The number of carbonyl (C=O) groups is 1. The van der Waals surface area contributed by atoms with Crippen LogP contribution in [0, 0.1) is 0 Å². The number of hydrogen-bond donors (Lipinski definition) is 1. The molecule has 0 aliphatic heterocycles. The van der Waals surface area contributed by atoms with Crippen LogP contribution in [0.5, 0.6) is 5.75 Å². The normalized spacial score (nSPS) is 10.8. The summed E-state index contributed by atoms with van der Waals surface area (Å²) >= 11 is 0. The molecule has 0 aliphatic carbocycles. The van der Waals surface area contributed by atoms with Gasteiger partial charge < -0.3 is 14.5 Å². The predicted molar refractivity (Wildman–Crippen MR) is 115 cm³/mol. The molecule has 1 N–H and O–H groups in total. The van der Waals surface area contributed by atoms with Gasteiger partial charge in [-0.25, -0.2) is 4.79 Å². The molecule has 0 amide bonds. The van der Waals surface area contributed by atoms with Crippen molar-refractivity contribution in [3.05, 3.63) is 83.7 Å². The lowest BCUT2D eigenvalue weighted by Gasteiger charge is -2.08. The highest BCUT2D eigenvalue weighted by Gasteiger charge is 2.10. The van der Waals surface area contributed by atoms with E-state index in [1.54, 1.807) is 30.3 Å². The summed E-state index contributed by atoms with van der Waals surface area (Å²) in [5.41, 5.74) is 2.24. The lowest BCUT2D eigenvalue weighted by Crippen LogP contribution is -2.03. The molecule has 4 rings (SSSR count). The van der Waals surface area contributed by atoms with Gasteiger partial charge in [0.2, 0.25) is 0 Å². The topological polar surface area (TPSA) is 68.5 Å². The van der Waals surface area contributed by atoms with Crippen LogP contribution >= 0.6 is 0 Å². The number of carbonyl (C=O) groups excluding carboxylic acids is 1. The SMILES string of the molecule is C=CCNc1ccc2cc3cc(-c4ccc(OC(C)=O)cc4)c(=O)oc3cc2c1. The minimum absolute atomic E-state index is 0.391. The summed E-state index contributed by atoms with van der Waals surface area (Å²) in [5, 5.41) is 6.11. The fourth-order valence-corrected chi connectivity index (χ4v) is 3.23. The Labute approximate surface area is 167 Å². The Morgan fingerprint density at radius 2 is 1.83 bits per heavy atom. The van der Waals surface area contributed by atoms with E-state index in [9.17, 15) is 9.59 Å². The van der Waals surface area contributed by atoms with Gasteiger partial charge >= 0.3 is 11.6 Å². The second kappa shape index (κ2) is 7.64. The van der Waals surface area contributed by atoms with Crippen LogP contribution in [0.15, 0.2) is 82.5 Å². The highest BCUT2D eigenvalue weighted by atomic mass is 16.5. The van der Waals surface area contributed by atoms with Crippen molar-refractivity contribution in [1.82, 2.24) is 0 Å². The van der Waals surface area contributed by atoms with Gasteiger partial charge in [0.1, 0.15) is 11.3 Å². The van der Waals surface area contributed by atoms with Crippen LogP contribution in [0.25, 0.3) is 32.9 Å². The van der Waals surface area contributed by atoms with E-state index >= 15 is 0 Å². The van der Waals surface area contributed by atoms with E-state index in [-0.39, 0.29) is 0 Å². The third kappa shape index (κ3) is 3.89. The molecule has 0 fully saturated rings. The predicted octanol–water partition coefficient (Wildman–Crippen LogP) is 5.14. The lowest BCUT2D eigenvalue weighted by atomic mass is 10.0. The Morgan fingerprint density at radius 3 is 2.55 bits per heavy atom. The molecular formula is C24H19NO4.